The van der Waals surface area contributed by atoms with Crippen molar-refractivity contribution in [3.8, 4) is 0 Å². The van der Waals surface area contributed by atoms with Gasteiger partial charge in [-0.2, -0.15) is 0 Å². The summed E-state index contributed by atoms with van der Waals surface area (Å²) in [5.41, 5.74) is -0.733. The second kappa shape index (κ2) is 6.08. The minimum atomic E-state index is -1.23. The molecule has 8 heteroatoms. The van der Waals surface area contributed by atoms with Gasteiger partial charge in [0.2, 0.25) is 6.29 Å². The van der Waals surface area contributed by atoms with Crippen molar-refractivity contribution in [3.05, 3.63) is 0 Å². The lowest BCUT2D eigenvalue weighted by Crippen LogP contribution is -2.37. The standard InChI is InChI=1S/C12H19NO7/c1-7(18-10(16)12(2,3)4)19-11(17)20-13-8(14)5-6-9(13)15/h7-8,14H,5-6H2,1-4H3. The molecule has 114 valence electrons. The average molecular weight is 289 g/mol. The summed E-state index contributed by atoms with van der Waals surface area (Å²) in [7, 11) is 0. The van der Waals surface area contributed by atoms with Crippen LogP contribution in [0.2, 0.25) is 0 Å². The minimum absolute atomic E-state index is 0.0863. The number of carbonyl (C=O) groups is 3. The smallest absolute Gasteiger partial charge is 0.425 e. The summed E-state index contributed by atoms with van der Waals surface area (Å²) >= 11 is 0. The number of aliphatic hydroxyl groups excluding tert-OH is 1. The van der Waals surface area contributed by atoms with Crippen molar-refractivity contribution in [2.45, 2.75) is 53.1 Å². The molecule has 0 saturated carbocycles. The summed E-state index contributed by atoms with van der Waals surface area (Å²) in [6.07, 6.45) is -3.30. The topological polar surface area (TPSA) is 102 Å². The third-order valence-corrected chi connectivity index (χ3v) is 2.45. The lowest BCUT2D eigenvalue weighted by atomic mass is 9.97. The van der Waals surface area contributed by atoms with E-state index in [1.165, 1.54) is 6.92 Å². The van der Waals surface area contributed by atoms with E-state index < -0.39 is 36.0 Å². The summed E-state index contributed by atoms with van der Waals surface area (Å²) in [6, 6.07) is 0. The molecule has 0 spiro atoms. The Morgan fingerprint density at radius 1 is 1.35 bits per heavy atom. The van der Waals surface area contributed by atoms with Gasteiger partial charge >= 0.3 is 12.1 Å². The van der Waals surface area contributed by atoms with E-state index in [2.05, 4.69) is 9.57 Å². The maximum atomic E-state index is 11.5. The van der Waals surface area contributed by atoms with Gasteiger partial charge < -0.3 is 19.4 Å². The van der Waals surface area contributed by atoms with Gasteiger partial charge in [0.15, 0.2) is 6.23 Å². The van der Waals surface area contributed by atoms with Crippen LogP contribution in [0.4, 0.5) is 4.79 Å². The Kier molecular flexibility index (Phi) is 4.93. The molecule has 0 aliphatic carbocycles. The van der Waals surface area contributed by atoms with E-state index in [0.29, 0.717) is 5.06 Å². The minimum Gasteiger partial charge on any atom is -0.425 e. The van der Waals surface area contributed by atoms with Crippen molar-refractivity contribution < 1.29 is 33.8 Å². The molecule has 0 aromatic heterocycles. The van der Waals surface area contributed by atoms with E-state index in [0.717, 1.165) is 0 Å². The van der Waals surface area contributed by atoms with Crippen molar-refractivity contribution in [1.29, 1.82) is 0 Å². The van der Waals surface area contributed by atoms with Crippen molar-refractivity contribution in [1.82, 2.24) is 5.06 Å². The fourth-order valence-corrected chi connectivity index (χ4v) is 1.35. The monoisotopic (exact) mass is 289 g/mol. The molecule has 0 aromatic rings. The van der Waals surface area contributed by atoms with Crippen LogP contribution < -0.4 is 0 Å². The number of ether oxygens (including phenoxy) is 2. The van der Waals surface area contributed by atoms with Gasteiger partial charge in [-0.25, -0.2) is 4.79 Å². The van der Waals surface area contributed by atoms with Crippen LogP contribution in [0.25, 0.3) is 0 Å². The van der Waals surface area contributed by atoms with Crippen LogP contribution in [0.5, 0.6) is 0 Å². The second-order valence-corrected chi connectivity index (χ2v) is 5.42. The highest BCUT2D eigenvalue weighted by Crippen LogP contribution is 2.19. The molecule has 1 rings (SSSR count). The fraction of sp³-hybridized carbons (Fsp3) is 0.750. The van der Waals surface area contributed by atoms with E-state index in [1.54, 1.807) is 20.8 Å². The molecular weight excluding hydrogens is 270 g/mol. The maximum absolute atomic E-state index is 11.5. The third-order valence-electron chi connectivity index (χ3n) is 2.45. The van der Waals surface area contributed by atoms with Gasteiger partial charge in [-0.1, -0.05) is 0 Å². The Hall–Kier alpha value is -1.83. The quantitative estimate of drug-likeness (QED) is 0.609. The van der Waals surface area contributed by atoms with Crippen molar-refractivity contribution >= 4 is 18.0 Å². The largest absolute Gasteiger partial charge is 0.536 e. The number of carbonyl (C=O) groups excluding carboxylic acids is 3. The number of aliphatic hydroxyl groups is 1. The zero-order valence-electron chi connectivity index (χ0n) is 11.9. The molecule has 0 bridgehead atoms. The zero-order chi connectivity index (χ0) is 15.5. The maximum Gasteiger partial charge on any atom is 0.536 e. The van der Waals surface area contributed by atoms with Gasteiger partial charge in [-0.05, 0) is 20.8 Å². The first kappa shape index (κ1) is 16.2. The van der Waals surface area contributed by atoms with Gasteiger partial charge in [-0.3, -0.25) is 9.59 Å². The SMILES string of the molecule is CC(OC(=O)ON1C(=O)CCC1O)OC(=O)C(C)(C)C. The van der Waals surface area contributed by atoms with E-state index in [-0.39, 0.29) is 12.8 Å². The van der Waals surface area contributed by atoms with Gasteiger partial charge in [0.1, 0.15) is 0 Å². The molecule has 1 heterocycles. The van der Waals surface area contributed by atoms with Gasteiger partial charge in [0.25, 0.3) is 5.91 Å². The third kappa shape index (κ3) is 4.37. The van der Waals surface area contributed by atoms with E-state index >= 15 is 0 Å². The first-order valence-electron chi connectivity index (χ1n) is 6.21. The lowest BCUT2D eigenvalue weighted by Gasteiger charge is -2.22. The van der Waals surface area contributed by atoms with Crippen LogP contribution in [0.1, 0.15) is 40.5 Å². The number of hydrogen-bond acceptors (Lipinski definition) is 7. The molecule has 1 aliphatic rings. The van der Waals surface area contributed by atoms with Gasteiger partial charge in [0.05, 0.1) is 5.41 Å². The molecule has 8 nitrogen and oxygen atoms in total. The molecule has 1 saturated heterocycles. The second-order valence-electron chi connectivity index (χ2n) is 5.42. The summed E-state index contributed by atoms with van der Waals surface area (Å²) in [6.45, 7) is 6.30. The average Bonchev–Trinajstić information content (AvgIpc) is 2.59. The Morgan fingerprint density at radius 2 is 1.95 bits per heavy atom. The lowest BCUT2D eigenvalue weighted by molar-refractivity contribution is -0.213. The summed E-state index contributed by atoms with van der Waals surface area (Å²) in [5.74, 6) is -1.07. The molecule has 2 unspecified atom stereocenters. The number of hydrogen-bond donors (Lipinski definition) is 1. The summed E-state index contributed by atoms with van der Waals surface area (Å²) < 4.78 is 9.54. The van der Waals surface area contributed by atoms with Crippen molar-refractivity contribution in [3.63, 3.8) is 0 Å². The molecule has 0 radical (unpaired) electrons. The van der Waals surface area contributed by atoms with Crippen LogP contribution in [0.15, 0.2) is 0 Å². The highest BCUT2D eigenvalue weighted by molar-refractivity contribution is 5.79. The summed E-state index contributed by atoms with van der Waals surface area (Å²) in [5, 5.41) is 9.92. The molecule has 1 fully saturated rings. The number of amides is 1. The fourth-order valence-electron chi connectivity index (χ4n) is 1.35. The Balaban J connectivity index is 2.42. The molecule has 0 aromatic carbocycles. The Bertz CT molecular complexity index is 401. The highest BCUT2D eigenvalue weighted by Gasteiger charge is 2.34. The van der Waals surface area contributed by atoms with Crippen molar-refractivity contribution in [2.75, 3.05) is 0 Å². The molecule has 1 amide bonds. The summed E-state index contributed by atoms with van der Waals surface area (Å²) in [4.78, 5) is 38.8. The van der Waals surface area contributed by atoms with Gasteiger partial charge in [0, 0.05) is 19.8 Å². The molecule has 2 atom stereocenters. The van der Waals surface area contributed by atoms with Crippen LogP contribution in [0, 0.1) is 5.41 Å². The van der Waals surface area contributed by atoms with E-state index in [1.807, 2.05) is 0 Å². The van der Waals surface area contributed by atoms with Gasteiger partial charge in [-0.15, -0.1) is 5.06 Å². The van der Waals surface area contributed by atoms with Crippen molar-refractivity contribution in [2.24, 2.45) is 5.41 Å². The zero-order valence-corrected chi connectivity index (χ0v) is 11.9. The normalized spacial score (nSPS) is 20.6. The Morgan fingerprint density at radius 3 is 2.40 bits per heavy atom. The number of rotatable bonds is 3. The van der Waals surface area contributed by atoms with Crippen LogP contribution in [-0.4, -0.2) is 40.7 Å². The molecular formula is C12H19NO7. The molecule has 20 heavy (non-hydrogen) atoms. The molecule has 1 aliphatic heterocycles. The number of nitrogens with zero attached hydrogens (tertiary/aromatic N) is 1. The first-order chi connectivity index (χ1) is 9.11. The number of hydroxylamine groups is 2. The van der Waals surface area contributed by atoms with Crippen LogP contribution in [0.3, 0.4) is 0 Å². The highest BCUT2D eigenvalue weighted by atomic mass is 16.9. The predicted octanol–water partition coefficient (Wildman–Crippen LogP) is 0.931. The van der Waals surface area contributed by atoms with E-state index in [9.17, 15) is 19.5 Å². The van der Waals surface area contributed by atoms with Crippen LogP contribution >= 0.6 is 0 Å². The van der Waals surface area contributed by atoms with Crippen LogP contribution in [-0.2, 0) is 23.9 Å². The Labute approximate surface area is 116 Å². The van der Waals surface area contributed by atoms with E-state index in [4.69, 9.17) is 4.74 Å². The molecule has 1 N–H and O–H groups in total. The first-order valence-corrected chi connectivity index (χ1v) is 6.21. The predicted molar refractivity (Wildman–Crippen MR) is 64.7 cm³/mol. The number of esters is 1.